The Kier molecular flexibility index (Phi) is 4.76. The van der Waals surface area contributed by atoms with Crippen LogP contribution in [0.1, 0.15) is 20.1 Å². The Bertz CT molecular complexity index is 798. The average Bonchev–Trinajstić information content (AvgIpc) is 2.69. The second-order valence-corrected chi connectivity index (χ2v) is 9.14. The molecule has 0 aromatic carbocycles. The van der Waals surface area contributed by atoms with Crippen LogP contribution in [-0.4, -0.2) is 39.6 Å². The number of aromatic amines is 1. The maximum absolute atomic E-state index is 15.2. The molecule has 8 nitrogen and oxygen atoms in total. The van der Waals surface area contributed by atoms with Gasteiger partial charge in [-0.1, -0.05) is 11.6 Å². The molecular weight excluding hydrogens is 386 g/mol. The van der Waals surface area contributed by atoms with Crippen LogP contribution in [0, 0.1) is 0 Å². The summed E-state index contributed by atoms with van der Waals surface area (Å²) >= 11 is 11.2. The highest BCUT2D eigenvalue weighted by atomic mass is 35.5. The molecule has 12 heteroatoms. The summed E-state index contributed by atoms with van der Waals surface area (Å²) in [4.78, 5) is 25.0. The Hall–Kier alpha value is -0.610. The smallest absolute Gasteiger partial charge is 0.330 e. The van der Waals surface area contributed by atoms with E-state index in [4.69, 9.17) is 41.7 Å². The third-order valence-electron chi connectivity index (χ3n) is 3.43. The van der Waals surface area contributed by atoms with Gasteiger partial charge in [-0.2, -0.15) is 0 Å². The summed E-state index contributed by atoms with van der Waals surface area (Å²) in [5.41, 5.74) is -1.47. The minimum Gasteiger partial charge on any atom is -0.344 e. The minimum absolute atomic E-state index is 0.0817. The molecule has 0 saturated carbocycles. The van der Waals surface area contributed by atoms with Crippen LogP contribution in [0.4, 0.5) is 4.39 Å². The highest BCUT2D eigenvalue weighted by Crippen LogP contribution is 2.61. The Morgan fingerprint density at radius 2 is 2.29 bits per heavy atom. The number of hydrogen-bond donors (Lipinski definition) is 1. The van der Waals surface area contributed by atoms with E-state index in [1.54, 1.807) is 13.8 Å². The van der Waals surface area contributed by atoms with Gasteiger partial charge < -0.3 is 13.8 Å². The topological polar surface area (TPSA) is 91.8 Å². The maximum atomic E-state index is 15.2. The highest BCUT2D eigenvalue weighted by molar-refractivity contribution is 8.07. The summed E-state index contributed by atoms with van der Waals surface area (Å²) in [6.07, 6.45) is -2.84. The van der Waals surface area contributed by atoms with E-state index in [0.29, 0.717) is 0 Å². The molecule has 1 N–H and O–H groups in total. The van der Waals surface area contributed by atoms with Gasteiger partial charge in [0.1, 0.15) is 12.2 Å². The minimum atomic E-state index is -3.17. The Balaban J connectivity index is 1.91. The summed E-state index contributed by atoms with van der Waals surface area (Å²) in [5, 5.41) is -2.60. The van der Waals surface area contributed by atoms with Crippen LogP contribution in [0.25, 0.3) is 0 Å². The van der Waals surface area contributed by atoms with Gasteiger partial charge in [0.25, 0.3) is 10.7 Å². The molecule has 2 fully saturated rings. The number of rotatable bonds is 3. The van der Waals surface area contributed by atoms with Gasteiger partial charge in [0, 0.05) is 12.3 Å². The van der Waals surface area contributed by atoms with Gasteiger partial charge >= 0.3 is 12.4 Å². The van der Waals surface area contributed by atoms with Gasteiger partial charge in [-0.05, 0) is 25.7 Å². The molecule has 0 spiro atoms. The quantitative estimate of drug-likeness (QED) is 0.605. The standard InChI is InChI=1S/C12H15ClFN2O6PS/c1-6(2)21-23(24)19-5-7-9(22-23)12(13,14)10(20-7)16-4-3-8(17)15-11(16)18/h3-4,6-7,9-10H,5H2,1-2H3,(H,15,17,18)/t7-,9-,10-,12+,23?/m1/s1. The molecule has 0 bridgehead atoms. The highest BCUT2D eigenvalue weighted by Gasteiger charge is 2.62. The van der Waals surface area contributed by atoms with Gasteiger partial charge in [-0.15, -0.1) is 0 Å². The molecule has 0 radical (unpaired) electrons. The summed E-state index contributed by atoms with van der Waals surface area (Å²) in [6, 6.07) is 1.06. The molecule has 0 aliphatic carbocycles. The SMILES string of the molecule is CC(C)OP1(=S)OC[C@H]2O[C@@H](n3ccc(=O)[nH]c3=O)[C@](F)(Cl)[C@@H]2O1. The van der Waals surface area contributed by atoms with Crippen LogP contribution < -0.4 is 11.2 Å². The van der Waals surface area contributed by atoms with Crippen molar-refractivity contribution in [2.45, 2.75) is 43.5 Å². The summed E-state index contributed by atoms with van der Waals surface area (Å²) in [7, 11) is 0. The van der Waals surface area contributed by atoms with Crippen molar-refractivity contribution < 1.29 is 22.7 Å². The van der Waals surface area contributed by atoms with Crippen molar-refractivity contribution in [1.29, 1.82) is 0 Å². The first-order valence-electron chi connectivity index (χ1n) is 7.08. The lowest BCUT2D eigenvalue weighted by Crippen LogP contribution is -2.44. The molecule has 0 amide bonds. The molecule has 24 heavy (non-hydrogen) atoms. The van der Waals surface area contributed by atoms with Gasteiger partial charge in [-0.3, -0.25) is 18.9 Å². The molecule has 134 valence electrons. The third kappa shape index (κ3) is 3.24. The molecule has 2 saturated heterocycles. The van der Waals surface area contributed by atoms with Gasteiger partial charge in [0.05, 0.1) is 12.7 Å². The average molecular weight is 401 g/mol. The molecule has 3 heterocycles. The Morgan fingerprint density at radius 1 is 1.58 bits per heavy atom. The van der Waals surface area contributed by atoms with Crippen molar-refractivity contribution in [2.24, 2.45) is 0 Å². The first kappa shape index (κ1) is 18.2. The van der Waals surface area contributed by atoms with Gasteiger partial charge in [0.2, 0.25) is 0 Å². The zero-order chi connectivity index (χ0) is 17.7. The van der Waals surface area contributed by atoms with Crippen molar-refractivity contribution in [3.63, 3.8) is 0 Å². The van der Waals surface area contributed by atoms with Crippen molar-refractivity contribution in [3.8, 4) is 0 Å². The molecule has 5 atom stereocenters. The summed E-state index contributed by atoms with van der Waals surface area (Å²) < 4.78 is 37.9. The van der Waals surface area contributed by atoms with E-state index in [-0.39, 0.29) is 12.7 Å². The third-order valence-corrected chi connectivity index (χ3v) is 6.30. The Morgan fingerprint density at radius 3 is 2.92 bits per heavy atom. The first-order valence-corrected chi connectivity index (χ1v) is 10.0. The van der Waals surface area contributed by atoms with E-state index in [9.17, 15) is 9.59 Å². The van der Waals surface area contributed by atoms with Crippen molar-refractivity contribution >= 4 is 30.1 Å². The lowest BCUT2D eigenvalue weighted by atomic mass is 10.1. The lowest BCUT2D eigenvalue weighted by molar-refractivity contribution is -0.0657. The van der Waals surface area contributed by atoms with E-state index >= 15 is 4.39 Å². The van der Waals surface area contributed by atoms with Gasteiger partial charge in [0.15, 0.2) is 6.23 Å². The van der Waals surface area contributed by atoms with E-state index < -0.39 is 41.5 Å². The number of halogens is 2. The van der Waals surface area contributed by atoms with Gasteiger partial charge in [-0.25, -0.2) is 9.18 Å². The number of ether oxygens (including phenoxy) is 1. The second-order valence-electron chi connectivity index (χ2n) is 5.64. The Labute approximate surface area is 146 Å². The second kappa shape index (κ2) is 6.28. The predicted octanol–water partition coefficient (Wildman–Crippen LogP) is 1.40. The number of aromatic nitrogens is 2. The van der Waals surface area contributed by atoms with Crippen LogP contribution in [0.2, 0.25) is 0 Å². The van der Waals surface area contributed by atoms with Crippen LogP contribution in [0.15, 0.2) is 21.9 Å². The number of nitrogens with one attached hydrogen (secondary N) is 1. The number of nitrogens with zero attached hydrogens (tertiary/aromatic N) is 1. The fraction of sp³-hybridized carbons (Fsp3) is 0.667. The molecule has 3 rings (SSSR count). The van der Waals surface area contributed by atoms with Crippen LogP contribution in [-0.2, 0) is 30.1 Å². The summed E-state index contributed by atoms with van der Waals surface area (Å²) in [5.74, 6) is 0. The molecular formula is C12H15ClFN2O6PS. The molecule has 1 aromatic rings. The van der Waals surface area contributed by atoms with Crippen LogP contribution in [0.5, 0.6) is 0 Å². The number of alkyl halides is 2. The zero-order valence-corrected chi connectivity index (χ0v) is 15.1. The fourth-order valence-electron chi connectivity index (χ4n) is 2.49. The fourth-order valence-corrected chi connectivity index (χ4v) is 5.46. The van der Waals surface area contributed by atoms with E-state index in [0.717, 1.165) is 16.8 Å². The molecule has 1 unspecified atom stereocenters. The molecule has 1 aromatic heterocycles. The summed E-state index contributed by atoms with van der Waals surface area (Å²) in [6.45, 7) is 0.225. The van der Waals surface area contributed by atoms with Crippen molar-refractivity contribution in [3.05, 3.63) is 33.1 Å². The number of hydrogen-bond acceptors (Lipinski definition) is 7. The van der Waals surface area contributed by atoms with Crippen LogP contribution in [0.3, 0.4) is 0 Å². The molecule has 2 aliphatic heterocycles. The van der Waals surface area contributed by atoms with E-state index in [1.165, 1.54) is 0 Å². The number of fused-ring (bicyclic) bond motifs is 1. The zero-order valence-electron chi connectivity index (χ0n) is 12.7. The van der Waals surface area contributed by atoms with E-state index in [2.05, 4.69) is 0 Å². The number of H-pyrrole nitrogens is 1. The normalized spacial score (nSPS) is 39.1. The largest absolute Gasteiger partial charge is 0.344 e. The predicted molar refractivity (Wildman–Crippen MR) is 86.3 cm³/mol. The van der Waals surface area contributed by atoms with Crippen molar-refractivity contribution in [2.75, 3.05) is 6.61 Å². The van der Waals surface area contributed by atoms with E-state index in [1.807, 2.05) is 4.98 Å². The molecule has 2 aliphatic rings. The monoisotopic (exact) mass is 400 g/mol. The van der Waals surface area contributed by atoms with Crippen LogP contribution >= 0.6 is 18.3 Å². The first-order chi connectivity index (χ1) is 11.1. The lowest BCUT2D eigenvalue weighted by Gasteiger charge is -2.35. The van der Waals surface area contributed by atoms with Crippen molar-refractivity contribution in [1.82, 2.24) is 9.55 Å². The maximum Gasteiger partial charge on any atom is 0.330 e.